The molecule has 1 rings (SSSR count). The zero-order valence-corrected chi connectivity index (χ0v) is 15.8. The molecule has 0 aromatic carbocycles. The van der Waals surface area contributed by atoms with Gasteiger partial charge in [0.05, 0.1) is 12.2 Å². The molecule has 4 atom stereocenters. The van der Waals surface area contributed by atoms with Gasteiger partial charge in [-0.3, -0.25) is 14.4 Å². The van der Waals surface area contributed by atoms with Gasteiger partial charge < -0.3 is 20.4 Å². The number of rotatable bonds is 14. The minimum absolute atomic E-state index is 0.0666. The fraction of sp³-hybridized carbons (Fsp3) is 0.750. The van der Waals surface area contributed by atoms with Crippen LogP contribution in [0.15, 0.2) is 12.2 Å². The smallest absolute Gasteiger partial charge is 0.303 e. The van der Waals surface area contributed by atoms with Crippen molar-refractivity contribution in [3.63, 3.8) is 0 Å². The molecule has 0 aliphatic heterocycles. The summed E-state index contributed by atoms with van der Waals surface area (Å²) >= 11 is 0. The van der Waals surface area contributed by atoms with Gasteiger partial charge in [0.25, 0.3) is 0 Å². The molecule has 7 nitrogen and oxygen atoms in total. The van der Waals surface area contributed by atoms with Crippen LogP contribution in [0.25, 0.3) is 0 Å². The Balaban J connectivity index is 2.35. The van der Waals surface area contributed by atoms with E-state index in [0.29, 0.717) is 57.8 Å². The summed E-state index contributed by atoms with van der Waals surface area (Å²) in [7, 11) is 0. The molecule has 0 saturated heterocycles. The molecular weight excluding hydrogens is 352 g/mol. The number of hydrogen-bond donors (Lipinski definition) is 4. The molecule has 27 heavy (non-hydrogen) atoms. The molecule has 4 N–H and O–H groups in total. The van der Waals surface area contributed by atoms with Crippen LogP contribution in [-0.2, 0) is 14.4 Å². The minimum Gasteiger partial charge on any atom is -0.481 e. The van der Waals surface area contributed by atoms with E-state index in [2.05, 4.69) is 0 Å². The summed E-state index contributed by atoms with van der Waals surface area (Å²) in [6.45, 7) is 0. The highest BCUT2D eigenvalue weighted by atomic mass is 16.4. The number of carboxylic acids is 2. The highest BCUT2D eigenvalue weighted by Crippen LogP contribution is 2.38. The van der Waals surface area contributed by atoms with Crippen LogP contribution >= 0.6 is 0 Å². The second kappa shape index (κ2) is 12.6. The molecule has 0 aromatic rings. The fourth-order valence-corrected chi connectivity index (χ4v) is 3.70. The number of aliphatic hydroxyl groups excluding tert-OH is 2. The molecule has 7 heteroatoms. The summed E-state index contributed by atoms with van der Waals surface area (Å²) in [6, 6.07) is 0. The largest absolute Gasteiger partial charge is 0.481 e. The number of aliphatic hydroxyl groups is 2. The minimum atomic E-state index is -0.857. The molecule has 0 spiro atoms. The Morgan fingerprint density at radius 2 is 1.37 bits per heavy atom. The van der Waals surface area contributed by atoms with Gasteiger partial charge in [-0.15, -0.1) is 0 Å². The lowest BCUT2D eigenvalue weighted by Gasteiger charge is -2.22. The van der Waals surface area contributed by atoms with Crippen molar-refractivity contribution < 1.29 is 34.8 Å². The molecular formula is C20H32O7. The first kappa shape index (κ1) is 23.3. The van der Waals surface area contributed by atoms with Crippen molar-refractivity contribution in [3.8, 4) is 0 Å². The first-order valence-electron chi connectivity index (χ1n) is 9.77. The van der Waals surface area contributed by atoms with Crippen molar-refractivity contribution >= 4 is 17.7 Å². The van der Waals surface area contributed by atoms with Gasteiger partial charge in [-0.1, -0.05) is 12.2 Å². The van der Waals surface area contributed by atoms with E-state index in [4.69, 9.17) is 10.2 Å². The van der Waals surface area contributed by atoms with Crippen LogP contribution in [0.3, 0.4) is 0 Å². The third kappa shape index (κ3) is 9.68. The van der Waals surface area contributed by atoms with Crippen molar-refractivity contribution in [3.05, 3.63) is 12.2 Å². The van der Waals surface area contributed by atoms with Crippen LogP contribution in [0.2, 0.25) is 0 Å². The highest BCUT2D eigenvalue weighted by Gasteiger charge is 2.40. The first-order chi connectivity index (χ1) is 12.8. The molecule has 0 amide bonds. The van der Waals surface area contributed by atoms with E-state index in [1.165, 1.54) is 0 Å². The van der Waals surface area contributed by atoms with Gasteiger partial charge in [0.2, 0.25) is 0 Å². The Hall–Kier alpha value is -1.73. The average Bonchev–Trinajstić information content (AvgIpc) is 2.85. The molecule has 0 heterocycles. The van der Waals surface area contributed by atoms with Gasteiger partial charge in [-0.25, -0.2) is 0 Å². The normalized spacial score (nSPS) is 25.1. The second-order valence-electron chi connectivity index (χ2n) is 7.37. The van der Waals surface area contributed by atoms with Crippen LogP contribution in [0.5, 0.6) is 0 Å². The molecule has 154 valence electrons. The molecule has 0 bridgehead atoms. The Morgan fingerprint density at radius 1 is 0.778 bits per heavy atom. The number of carboxylic acid groups (broad SMARTS) is 2. The van der Waals surface area contributed by atoms with Gasteiger partial charge in [-0.2, -0.15) is 0 Å². The molecule has 0 radical (unpaired) electrons. The van der Waals surface area contributed by atoms with E-state index in [-0.39, 0.29) is 30.5 Å². The average molecular weight is 384 g/mol. The summed E-state index contributed by atoms with van der Waals surface area (Å²) in [5.74, 6) is -1.84. The van der Waals surface area contributed by atoms with E-state index < -0.39 is 24.1 Å². The monoisotopic (exact) mass is 384 g/mol. The van der Waals surface area contributed by atoms with Crippen molar-refractivity contribution in [2.45, 2.75) is 82.8 Å². The number of aliphatic carboxylic acids is 2. The van der Waals surface area contributed by atoms with Crippen LogP contribution in [-0.4, -0.2) is 50.4 Å². The van der Waals surface area contributed by atoms with E-state index in [1.807, 2.05) is 12.2 Å². The third-order valence-electron chi connectivity index (χ3n) is 5.21. The maximum atomic E-state index is 12.0. The van der Waals surface area contributed by atoms with Crippen molar-refractivity contribution in [1.29, 1.82) is 0 Å². The van der Waals surface area contributed by atoms with Gasteiger partial charge in [0.15, 0.2) is 0 Å². The second-order valence-corrected chi connectivity index (χ2v) is 7.37. The first-order valence-corrected chi connectivity index (χ1v) is 9.77. The number of Topliss-reactive ketones (excluding diaryl/α,β-unsaturated/α-hetero) is 1. The quantitative estimate of drug-likeness (QED) is 0.267. The van der Waals surface area contributed by atoms with E-state index >= 15 is 0 Å². The highest BCUT2D eigenvalue weighted by molar-refractivity contribution is 5.78. The summed E-state index contributed by atoms with van der Waals surface area (Å²) in [5, 5.41) is 37.6. The Kier molecular flexibility index (Phi) is 10.9. The van der Waals surface area contributed by atoms with Crippen LogP contribution in [0.4, 0.5) is 0 Å². The maximum Gasteiger partial charge on any atom is 0.303 e. The number of ketones is 1. The summed E-state index contributed by atoms with van der Waals surface area (Å²) in [6.07, 6.45) is 7.22. The molecule has 1 fully saturated rings. The SMILES string of the molecule is O=C(O)CCC/C=C\C[C@@H]1[C@@H](CCC(=O)CCCCC(=O)O)[C@H](O)C[C@@H]1O. The van der Waals surface area contributed by atoms with Crippen molar-refractivity contribution in [2.24, 2.45) is 11.8 Å². The third-order valence-corrected chi connectivity index (χ3v) is 5.21. The molecule has 1 aliphatic carbocycles. The standard InChI is InChI=1S/C20H32O7/c21-14(7-5-6-10-20(26)27)11-12-16-15(17(22)13-18(16)23)8-3-1-2-4-9-19(24)25/h1,3,15-18,22-23H,2,4-13H2,(H,24,25)(H,26,27)/b3-1-/t15-,16-,17+,18-/m1/s1. The van der Waals surface area contributed by atoms with E-state index in [0.717, 1.165) is 0 Å². The lowest BCUT2D eigenvalue weighted by Crippen LogP contribution is -2.22. The fourth-order valence-electron chi connectivity index (χ4n) is 3.70. The van der Waals surface area contributed by atoms with Gasteiger partial charge >= 0.3 is 11.9 Å². The van der Waals surface area contributed by atoms with Crippen LogP contribution in [0.1, 0.15) is 70.6 Å². The predicted molar refractivity (Wildman–Crippen MR) is 99.2 cm³/mol. The van der Waals surface area contributed by atoms with Gasteiger partial charge in [0, 0.05) is 25.7 Å². The van der Waals surface area contributed by atoms with Gasteiger partial charge in [0.1, 0.15) is 5.78 Å². The Labute approximate surface area is 160 Å². The molecule has 0 unspecified atom stereocenters. The molecule has 1 aliphatic rings. The summed E-state index contributed by atoms with van der Waals surface area (Å²) in [5.41, 5.74) is 0. The molecule has 0 aromatic heterocycles. The predicted octanol–water partition coefficient (Wildman–Crippen LogP) is 2.54. The zero-order chi connectivity index (χ0) is 20.2. The lowest BCUT2D eigenvalue weighted by molar-refractivity contribution is -0.138. The van der Waals surface area contributed by atoms with Gasteiger partial charge in [-0.05, 0) is 56.8 Å². The number of carbonyl (C=O) groups is 3. The van der Waals surface area contributed by atoms with Crippen molar-refractivity contribution in [1.82, 2.24) is 0 Å². The lowest BCUT2D eigenvalue weighted by atomic mass is 9.86. The zero-order valence-electron chi connectivity index (χ0n) is 15.8. The van der Waals surface area contributed by atoms with Crippen LogP contribution < -0.4 is 0 Å². The maximum absolute atomic E-state index is 12.0. The number of allylic oxidation sites excluding steroid dienone is 2. The van der Waals surface area contributed by atoms with Crippen LogP contribution in [0, 0.1) is 11.8 Å². The van der Waals surface area contributed by atoms with E-state index in [1.54, 1.807) is 0 Å². The van der Waals surface area contributed by atoms with Crippen molar-refractivity contribution in [2.75, 3.05) is 0 Å². The number of carbonyl (C=O) groups excluding carboxylic acids is 1. The summed E-state index contributed by atoms with van der Waals surface area (Å²) in [4.78, 5) is 32.9. The Morgan fingerprint density at radius 3 is 2.04 bits per heavy atom. The number of unbranched alkanes of at least 4 members (excludes halogenated alkanes) is 2. The Bertz CT molecular complexity index is 514. The number of hydrogen-bond acceptors (Lipinski definition) is 5. The topological polar surface area (TPSA) is 132 Å². The molecule has 1 saturated carbocycles. The van der Waals surface area contributed by atoms with E-state index in [9.17, 15) is 24.6 Å². The summed E-state index contributed by atoms with van der Waals surface area (Å²) < 4.78 is 0.